The Morgan fingerprint density at radius 1 is 1.31 bits per heavy atom. The fraction of sp³-hybridized carbons (Fsp3) is 0.364. The number of carbonyl (C=O) groups is 1. The molecule has 4 nitrogen and oxygen atoms in total. The molecule has 0 unspecified atom stereocenters. The number of esters is 1. The summed E-state index contributed by atoms with van der Waals surface area (Å²) in [5.41, 5.74) is 11.9. The molecule has 5 heteroatoms. The lowest BCUT2D eigenvalue weighted by molar-refractivity contribution is 0.00695. The van der Waals surface area contributed by atoms with Crippen LogP contribution in [0.2, 0.25) is 0 Å². The number of anilines is 2. The average molecular weight is 287 g/mol. The molecule has 0 saturated carbocycles. The second-order valence-corrected chi connectivity index (χ2v) is 5.32. The summed E-state index contributed by atoms with van der Waals surface area (Å²) in [6.07, 6.45) is 0. The van der Waals surface area contributed by atoms with E-state index in [4.69, 9.17) is 16.2 Å². The van der Waals surface area contributed by atoms with Crippen LogP contribution in [-0.4, -0.2) is 11.6 Å². The van der Waals surface area contributed by atoms with Crippen molar-refractivity contribution < 1.29 is 9.53 Å². The minimum Gasteiger partial charge on any atom is -0.456 e. The van der Waals surface area contributed by atoms with Gasteiger partial charge in [0.15, 0.2) is 0 Å². The van der Waals surface area contributed by atoms with Crippen LogP contribution in [0.25, 0.3) is 0 Å². The number of hydrogen-bond acceptors (Lipinski definition) is 4. The molecular formula is C11H15BrN2O2. The fourth-order valence-corrected chi connectivity index (χ4v) is 1.57. The second-order valence-electron chi connectivity index (χ2n) is 4.46. The molecule has 1 aromatic rings. The summed E-state index contributed by atoms with van der Waals surface area (Å²) in [6.45, 7) is 5.42. The van der Waals surface area contributed by atoms with Gasteiger partial charge in [0.25, 0.3) is 0 Å². The van der Waals surface area contributed by atoms with Crippen LogP contribution in [0.4, 0.5) is 11.4 Å². The smallest absolute Gasteiger partial charge is 0.338 e. The normalized spacial score (nSPS) is 11.2. The van der Waals surface area contributed by atoms with Crippen molar-refractivity contribution in [1.29, 1.82) is 0 Å². The van der Waals surface area contributed by atoms with E-state index in [9.17, 15) is 4.79 Å². The minimum atomic E-state index is -0.528. The van der Waals surface area contributed by atoms with Crippen molar-refractivity contribution in [1.82, 2.24) is 0 Å². The Hall–Kier alpha value is -1.23. The zero-order valence-corrected chi connectivity index (χ0v) is 11.1. The van der Waals surface area contributed by atoms with Crippen molar-refractivity contribution >= 4 is 33.3 Å². The Morgan fingerprint density at radius 3 is 2.31 bits per heavy atom. The summed E-state index contributed by atoms with van der Waals surface area (Å²) in [5, 5.41) is 0. The lowest BCUT2D eigenvalue weighted by Gasteiger charge is -2.19. The van der Waals surface area contributed by atoms with E-state index >= 15 is 0 Å². The molecule has 0 heterocycles. The summed E-state index contributed by atoms with van der Waals surface area (Å²) in [6, 6.07) is 3.11. The number of hydrogen-bond donors (Lipinski definition) is 2. The molecule has 0 radical (unpaired) electrons. The van der Waals surface area contributed by atoms with Crippen LogP contribution in [-0.2, 0) is 4.74 Å². The predicted octanol–water partition coefficient (Wildman–Crippen LogP) is 2.57. The van der Waals surface area contributed by atoms with Crippen LogP contribution < -0.4 is 11.5 Å². The molecule has 0 amide bonds. The molecular weight excluding hydrogens is 272 g/mol. The third-order valence-corrected chi connectivity index (χ3v) is 2.45. The monoisotopic (exact) mass is 286 g/mol. The second kappa shape index (κ2) is 4.33. The molecule has 0 saturated heterocycles. The lowest BCUT2D eigenvalue weighted by Crippen LogP contribution is -2.24. The van der Waals surface area contributed by atoms with Gasteiger partial charge in [0.1, 0.15) is 5.60 Å². The van der Waals surface area contributed by atoms with Gasteiger partial charge in [-0.2, -0.15) is 0 Å². The first-order valence-corrected chi connectivity index (χ1v) is 5.58. The summed E-state index contributed by atoms with van der Waals surface area (Å²) in [7, 11) is 0. The number of halogens is 1. The molecule has 1 rings (SSSR count). The van der Waals surface area contributed by atoms with E-state index in [1.165, 1.54) is 6.07 Å². The third kappa shape index (κ3) is 3.13. The van der Waals surface area contributed by atoms with Crippen molar-refractivity contribution in [2.24, 2.45) is 0 Å². The SMILES string of the molecule is CC(C)(C)OC(=O)c1cc(N)c(N)c(Br)c1. The Balaban J connectivity index is 3.02. The van der Waals surface area contributed by atoms with Crippen LogP contribution in [0.3, 0.4) is 0 Å². The van der Waals surface area contributed by atoms with Gasteiger partial charge < -0.3 is 16.2 Å². The van der Waals surface area contributed by atoms with Crippen molar-refractivity contribution in [3.05, 3.63) is 22.2 Å². The highest BCUT2D eigenvalue weighted by Gasteiger charge is 2.19. The summed E-state index contributed by atoms with van der Waals surface area (Å²) in [4.78, 5) is 11.7. The van der Waals surface area contributed by atoms with Crippen molar-refractivity contribution in [2.45, 2.75) is 26.4 Å². The van der Waals surface area contributed by atoms with Gasteiger partial charge in [0.05, 0.1) is 16.9 Å². The first-order valence-electron chi connectivity index (χ1n) is 4.78. The van der Waals surface area contributed by atoms with E-state index in [0.29, 0.717) is 21.4 Å². The van der Waals surface area contributed by atoms with E-state index in [1.54, 1.807) is 26.8 Å². The number of rotatable bonds is 1. The highest BCUT2D eigenvalue weighted by atomic mass is 79.9. The summed E-state index contributed by atoms with van der Waals surface area (Å²) in [5.74, 6) is -0.417. The van der Waals surface area contributed by atoms with Gasteiger partial charge in [0, 0.05) is 4.47 Å². The van der Waals surface area contributed by atoms with Crippen LogP contribution in [0, 0.1) is 0 Å². The van der Waals surface area contributed by atoms with Crippen LogP contribution in [0.1, 0.15) is 31.1 Å². The highest BCUT2D eigenvalue weighted by Crippen LogP contribution is 2.28. The zero-order valence-electron chi connectivity index (χ0n) is 9.50. The van der Waals surface area contributed by atoms with Crippen molar-refractivity contribution in [3.63, 3.8) is 0 Å². The van der Waals surface area contributed by atoms with E-state index in [0.717, 1.165) is 0 Å². The van der Waals surface area contributed by atoms with E-state index in [-0.39, 0.29) is 0 Å². The number of ether oxygens (including phenoxy) is 1. The average Bonchev–Trinajstić information content (AvgIpc) is 2.10. The maximum Gasteiger partial charge on any atom is 0.338 e. The summed E-state index contributed by atoms with van der Waals surface area (Å²) < 4.78 is 5.81. The van der Waals surface area contributed by atoms with Crippen molar-refractivity contribution in [2.75, 3.05) is 11.5 Å². The molecule has 16 heavy (non-hydrogen) atoms. The quantitative estimate of drug-likeness (QED) is 0.614. The zero-order chi connectivity index (χ0) is 12.5. The minimum absolute atomic E-state index is 0.357. The van der Waals surface area contributed by atoms with Crippen LogP contribution in [0.5, 0.6) is 0 Å². The van der Waals surface area contributed by atoms with Gasteiger partial charge in [-0.05, 0) is 48.8 Å². The van der Waals surface area contributed by atoms with Gasteiger partial charge in [-0.1, -0.05) is 0 Å². The summed E-state index contributed by atoms with van der Waals surface area (Å²) >= 11 is 3.23. The molecule has 0 aliphatic carbocycles. The maximum atomic E-state index is 11.7. The molecule has 1 aromatic carbocycles. The van der Waals surface area contributed by atoms with E-state index in [1.807, 2.05) is 0 Å². The standard InChI is InChI=1S/C11H15BrN2O2/c1-11(2,3)16-10(15)6-4-7(12)9(14)8(13)5-6/h4-5H,13-14H2,1-3H3. The molecule has 0 atom stereocenters. The van der Waals surface area contributed by atoms with Crippen LogP contribution in [0.15, 0.2) is 16.6 Å². The third-order valence-electron chi connectivity index (χ3n) is 1.80. The molecule has 4 N–H and O–H groups in total. The molecule has 0 aromatic heterocycles. The molecule has 0 aliphatic heterocycles. The molecule has 0 fully saturated rings. The molecule has 0 aliphatic rings. The van der Waals surface area contributed by atoms with E-state index in [2.05, 4.69) is 15.9 Å². The Labute approximate surface area is 103 Å². The van der Waals surface area contributed by atoms with Gasteiger partial charge >= 0.3 is 5.97 Å². The first kappa shape index (κ1) is 12.8. The van der Waals surface area contributed by atoms with Crippen molar-refractivity contribution in [3.8, 4) is 0 Å². The lowest BCUT2D eigenvalue weighted by atomic mass is 10.1. The largest absolute Gasteiger partial charge is 0.456 e. The topological polar surface area (TPSA) is 78.3 Å². The number of nitrogens with two attached hydrogens (primary N) is 2. The van der Waals surface area contributed by atoms with Crippen LogP contribution >= 0.6 is 15.9 Å². The Kier molecular flexibility index (Phi) is 3.48. The fourth-order valence-electron chi connectivity index (χ4n) is 1.09. The Morgan fingerprint density at radius 2 is 1.88 bits per heavy atom. The van der Waals surface area contributed by atoms with Gasteiger partial charge in [-0.25, -0.2) is 4.79 Å². The first-order chi connectivity index (χ1) is 7.20. The molecule has 0 spiro atoms. The van der Waals surface area contributed by atoms with Gasteiger partial charge in [0.2, 0.25) is 0 Å². The number of nitrogen functional groups attached to an aromatic ring is 2. The van der Waals surface area contributed by atoms with Gasteiger partial charge in [-0.15, -0.1) is 0 Å². The molecule has 88 valence electrons. The van der Waals surface area contributed by atoms with Gasteiger partial charge in [-0.3, -0.25) is 0 Å². The number of benzene rings is 1. The Bertz CT molecular complexity index is 401. The predicted molar refractivity (Wildman–Crippen MR) is 68.1 cm³/mol. The van der Waals surface area contributed by atoms with E-state index < -0.39 is 11.6 Å². The number of carbonyl (C=O) groups excluding carboxylic acids is 1. The maximum absolute atomic E-state index is 11.7. The highest BCUT2D eigenvalue weighted by molar-refractivity contribution is 9.10. The molecule has 0 bridgehead atoms.